The largest absolute Gasteiger partial charge is 0.237 e. The van der Waals surface area contributed by atoms with Crippen molar-refractivity contribution in [2.75, 3.05) is 0 Å². The highest BCUT2D eigenvalue weighted by Crippen LogP contribution is 2.19. The summed E-state index contributed by atoms with van der Waals surface area (Å²) in [6.07, 6.45) is 3.53. The van der Waals surface area contributed by atoms with Gasteiger partial charge in [0.05, 0.1) is 0 Å². The lowest BCUT2D eigenvalue weighted by Crippen LogP contribution is -1.90. The molecule has 2 nitrogen and oxygen atoms in total. The predicted molar refractivity (Wildman–Crippen MR) is 68.3 cm³/mol. The summed E-state index contributed by atoms with van der Waals surface area (Å²) in [5.41, 5.74) is 3.59. The SMILES string of the molecule is CC.Cc1ccc(-c2ncccn2)c(C)c1. The molecule has 0 saturated carbocycles. The molecule has 16 heavy (non-hydrogen) atoms. The summed E-state index contributed by atoms with van der Waals surface area (Å²) >= 11 is 0. The van der Waals surface area contributed by atoms with Gasteiger partial charge in [-0.25, -0.2) is 9.97 Å². The second-order valence-corrected chi connectivity index (χ2v) is 3.39. The fourth-order valence-corrected chi connectivity index (χ4v) is 1.50. The van der Waals surface area contributed by atoms with E-state index in [2.05, 4.69) is 42.0 Å². The van der Waals surface area contributed by atoms with Crippen molar-refractivity contribution < 1.29 is 0 Å². The average Bonchev–Trinajstić information content (AvgIpc) is 2.33. The summed E-state index contributed by atoms with van der Waals surface area (Å²) in [6, 6.07) is 8.12. The zero-order chi connectivity index (χ0) is 12.0. The van der Waals surface area contributed by atoms with Gasteiger partial charge in [0, 0.05) is 18.0 Å². The lowest BCUT2D eigenvalue weighted by molar-refractivity contribution is 1.16. The Morgan fingerprint density at radius 3 is 2.12 bits per heavy atom. The van der Waals surface area contributed by atoms with Gasteiger partial charge in [0.1, 0.15) is 0 Å². The molecule has 0 radical (unpaired) electrons. The van der Waals surface area contributed by atoms with E-state index in [0.29, 0.717) is 0 Å². The Hall–Kier alpha value is -1.70. The minimum absolute atomic E-state index is 0.796. The van der Waals surface area contributed by atoms with Gasteiger partial charge in [-0.1, -0.05) is 37.6 Å². The summed E-state index contributed by atoms with van der Waals surface area (Å²) in [4.78, 5) is 8.46. The maximum absolute atomic E-state index is 4.23. The lowest BCUT2D eigenvalue weighted by atomic mass is 10.1. The molecule has 1 aromatic heterocycles. The van der Waals surface area contributed by atoms with Crippen molar-refractivity contribution >= 4 is 0 Å². The van der Waals surface area contributed by atoms with Crippen molar-refractivity contribution in [3.63, 3.8) is 0 Å². The van der Waals surface area contributed by atoms with Crippen LogP contribution in [0.3, 0.4) is 0 Å². The van der Waals surface area contributed by atoms with Crippen LogP contribution in [-0.2, 0) is 0 Å². The summed E-state index contributed by atoms with van der Waals surface area (Å²) in [7, 11) is 0. The first kappa shape index (κ1) is 12.4. The van der Waals surface area contributed by atoms with E-state index in [-0.39, 0.29) is 0 Å². The number of nitrogens with zero attached hydrogens (tertiary/aromatic N) is 2. The third kappa shape index (κ3) is 2.89. The molecule has 0 aliphatic rings. The molecule has 0 bridgehead atoms. The highest BCUT2D eigenvalue weighted by molar-refractivity contribution is 5.60. The van der Waals surface area contributed by atoms with Crippen LogP contribution in [0.15, 0.2) is 36.7 Å². The Morgan fingerprint density at radius 2 is 1.56 bits per heavy atom. The third-order valence-corrected chi connectivity index (χ3v) is 2.19. The van der Waals surface area contributed by atoms with Gasteiger partial charge in [-0.2, -0.15) is 0 Å². The Morgan fingerprint density at radius 1 is 0.938 bits per heavy atom. The van der Waals surface area contributed by atoms with Gasteiger partial charge in [0.15, 0.2) is 5.82 Å². The smallest absolute Gasteiger partial charge is 0.159 e. The minimum Gasteiger partial charge on any atom is -0.237 e. The number of aromatic nitrogens is 2. The van der Waals surface area contributed by atoms with Crippen molar-refractivity contribution in [1.82, 2.24) is 9.97 Å². The molecule has 0 saturated heterocycles. The second-order valence-electron chi connectivity index (χ2n) is 3.39. The fourth-order valence-electron chi connectivity index (χ4n) is 1.50. The normalized spacial score (nSPS) is 9.25. The second kappa shape index (κ2) is 6.01. The number of aryl methyl sites for hydroxylation is 2. The van der Waals surface area contributed by atoms with Crippen LogP contribution in [0.5, 0.6) is 0 Å². The molecule has 0 spiro atoms. The zero-order valence-corrected chi connectivity index (χ0v) is 10.4. The number of hydrogen-bond acceptors (Lipinski definition) is 2. The van der Waals surface area contributed by atoms with Crippen LogP contribution in [0, 0.1) is 13.8 Å². The van der Waals surface area contributed by atoms with Gasteiger partial charge in [0.25, 0.3) is 0 Å². The van der Waals surface area contributed by atoms with Crippen LogP contribution in [0.2, 0.25) is 0 Å². The van der Waals surface area contributed by atoms with E-state index < -0.39 is 0 Å². The van der Waals surface area contributed by atoms with Crippen LogP contribution in [0.4, 0.5) is 0 Å². The first-order chi connectivity index (χ1) is 7.77. The van der Waals surface area contributed by atoms with Crippen molar-refractivity contribution in [3.05, 3.63) is 47.8 Å². The molecular formula is C14H18N2. The molecule has 2 rings (SSSR count). The molecule has 0 unspecified atom stereocenters. The van der Waals surface area contributed by atoms with Gasteiger partial charge in [-0.3, -0.25) is 0 Å². The molecule has 1 aromatic carbocycles. The highest BCUT2D eigenvalue weighted by Gasteiger charge is 2.02. The van der Waals surface area contributed by atoms with Crippen molar-refractivity contribution in [2.45, 2.75) is 27.7 Å². The highest BCUT2D eigenvalue weighted by atomic mass is 14.8. The van der Waals surface area contributed by atoms with Crippen LogP contribution >= 0.6 is 0 Å². The minimum atomic E-state index is 0.796. The molecule has 0 aliphatic carbocycles. The maximum Gasteiger partial charge on any atom is 0.159 e. The van der Waals surface area contributed by atoms with Gasteiger partial charge >= 0.3 is 0 Å². The van der Waals surface area contributed by atoms with Crippen LogP contribution in [-0.4, -0.2) is 9.97 Å². The topological polar surface area (TPSA) is 25.8 Å². The van der Waals surface area contributed by atoms with E-state index in [1.54, 1.807) is 12.4 Å². The third-order valence-electron chi connectivity index (χ3n) is 2.19. The molecule has 0 atom stereocenters. The molecule has 2 heteroatoms. The first-order valence-corrected chi connectivity index (χ1v) is 5.62. The van der Waals surface area contributed by atoms with Gasteiger partial charge in [-0.15, -0.1) is 0 Å². The predicted octanol–water partition coefficient (Wildman–Crippen LogP) is 3.79. The van der Waals surface area contributed by atoms with E-state index >= 15 is 0 Å². The zero-order valence-electron chi connectivity index (χ0n) is 10.4. The lowest BCUT2D eigenvalue weighted by Gasteiger charge is -2.04. The standard InChI is InChI=1S/C12H12N2.C2H6/c1-9-4-5-11(10(2)8-9)12-13-6-3-7-14-12;1-2/h3-8H,1-2H3;1-2H3. The Bertz CT molecular complexity index is 436. The summed E-state index contributed by atoms with van der Waals surface area (Å²) in [5.74, 6) is 0.796. The molecule has 2 aromatic rings. The summed E-state index contributed by atoms with van der Waals surface area (Å²) < 4.78 is 0. The quantitative estimate of drug-likeness (QED) is 0.721. The summed E-state index contributed by atoms with van der Waals surface area (Å²) in [6.45, 7) is 8.17. The molecule has 1 heterocycles. The monoisotopic (exact) mass is 214 g/mol. The first-order valence-electron chi connectivity index (χ1n) is 5.62. The molecule has 0 amide bonds. The summed E-state index contributed by atoms with van der Waals surface area (Å²) in [5, 5.41) is 0. The Labute approximate surface area is 97.4 Å². The van der Waals surface area contributed by atoms with Gasteiger partial charge in [0.2, 0.25) is 0 Å². The van der Waals surface area contributed by atoms with Crippen molar-refractivity contribution in [2.24, 2.45) is 0 Å². The average molecular weight is 214 g/mol. The number of benzene rings is 1. The molecule has 84 valence electrons. The Kier molecular flexibility index (Phi) is 4.65. The van der Waals surface area contributed by atoms with Crippen LogP contribution in [0.1, 0.15) is 25.0 Å². The van der Waals surface area contributed by atoms with Crippen molar-refractivity contribution in [3.8, 4) is 11.4 Å². The van der Waals surface area contributed by atoms with E-state index in [1.807, 2.05) is 19.9 Å². The van der Waals surface area contributed by atoms with Gasteiger partial charge in [-0.05, 0) is 25.5 Å². The van der Waals surface area contributed by atoms with Crippen LogP contribution in [0.25, 0.3) is 11.4 Å². The van der Waals surface area contributed by atoms with E-state index in [0.717, 1.165) is 11.4 Å². The molecular weight excluding hydrogens is 196 g/mol. The number of rotatable bonds is 1. The van der Waals surface area contributed by atoms with Gasteiger partial charge < -0.3 is 0 Å². The number of hydrogen-bond donors (Lipinski definition) is 0. The fraction of sp³-hybridized carbons (Fsp3) is 0.286. The molecule has 0 N–H and O–H groups in total. The van der Waals surface area contributed by atoms with E-state index in [9.17, 15) is 0 Å². The van der Waals surface area contributed by atoms with E-state index in [4.69, 9.17) is 0 Å². The molecule has 0 fully saturated rings. The molecule has 0 aliphatic heterocycles. The van der Waals surface area contributed by atoms with Crippen LogP contribution < -0.4 is 0 Å². The Balaban J connectivity index is 0.000000606. The van der Waals surface area contributed by atoms with Crippen molar-refractivity contribution in [1.29, 1.82) is 0 Å². The maximum atomic E-state index is 4.23. The van der Waals surface area contributed by atoms with E-state index in [1.165, 1.54) is 11.1 Å².